The van der Waals surface area contributed by atoms with Crippen LogP contribution in [0.4, 0.5) is 0 Å². The Kier molecular flexibility index (Phi) is 6.48. The van der Waals surface area contributed by atoms with Crippen molar-refractivity contribution >= 4 is 60.2 Å². The number of hydrogen-bond donors (Lipinski definition) is 2. The Bertz CT molecular complexity index is 1820. The van der Waals surface area contributed by atoms with Crippen molar-refractivity contribution in [1.29, 1.82) is 0 Å². The summed E-state index contributed by atoms with van der Waals surface area (Å²) in [5.41, 5.74) is 6.66. The van der Waals surface area contributed by atoms with E-state index in [-0.39, 0.29) is 10.1 Å². The molecule has 6 aromatic rings. The number of nitrogens with one attached hydrogen (secondary N) is 2. The Labute approximate surface area is 251 Å². The lowest BCUT2D eigenvalue weighted by Crippen LogP contribution is -2.44. The van der Waals surface area contributed by atoms with E-state index in [0.717, 1.165) is 44.7 Å². The molecule has 0 aliphatic heterocycles. The number of benzene rings is 4. The van der Waals surface area contributed by atoms with Gasteiger partial charge in [0.2, 0.25) is 0 Å². The van der Waals surface area contributed by atoms with E-state index < -0.39 is 16.6 Å². The SMILES string of the molecule is CC(C)(C)[Si](C)(C)Oc1ccc2[nH]c3ccccc3c2c1-c1c(O[Si](C)(C)C(C)(C)C)ccc2[nH]c3ccccc3c12. The highest BCUT2D eigenvalue weighted by atomic mass is 28.4. The maximum Gasteiger partial charge on any atom is 0.250 e. The van der Waals surface area contributed by atoms with Crippen LogP contribution in [0.2, 0.25) is 36.3 Å². The van der Waals surface area contributed by atoms with Gasteiger partial charge in [-0.05, 0) is 72.7 Å². The lowest BCUT2D eigenvalue weighted by atomic mass is 9.93. The van der Waals surface area contributed by atoms with Crippen molar-refractivity contribution in [1.82, 2.24) is 9.97 Å². The Balaban J connectivity index is 1.80. The first-order chi connectivity index (χ1) is 19.6. The van der Waals surface area contributed by atoms with E-state index in [1.807, 2.05) is 0 Å². The molecule has 6 rings (SSSR count). The molecule has 0 spiro atoms. The molecule has 218 valence electrons. The summed E-state index contributed by atoms with van der Waals surface area (Å²) in [5.74, 6) is 1.86. The molecule has 2 N–H and O–H groups in total. The standard InChI is InChI=1S/C36H44N2O2Si2/c1-35(2,3)41(7,8)39-29-21-19-27-31(23-15-11-13-17-25(23)37-27)33(29)34-30(40-42(9,10)36(4,5)6)22-20-28-32(34)24-16-12-14-18-26(24)38-28/h11-22,37-38H,1-10H3. The normalized spacial score (nSPS) is 13.5. The van der Waals surface area contributed by atoms with Crippen molar-refractivity contribution in [2.45, 2.75) is 77.8 Å². The topological polar surface area (TPSA) is 50.0 Å². The van der Waals surface area contributed by atoms with Crippen molar-refractivity contribution in [2.24, 2.45) is 0 Å². The first-order valence-electron chi connectivity index (χ1n) is 15.0. The summed E-state index contributed by atoms with van der Waals surface area (Å²) in [5, 5.41) is 4.84. The van der Waals surface area contributed by atoms with Gasteiger partial charge in [0.05, 0.1) is 0 Å². The molecule has 0 saturated heterocycles. The average molecular weight is 593 g/mol. The highest BCUT2D eigenvalue weighted by Crippen LogP contribution is 2.52. The minimum atomic E-state index is -2.19. The second kappa shape index (κ2) is 9.51. The van der Waals surface area contributed by atoms with E-state index in [0.29, 0.717) is 0 Å². The second-order valence-corrected chi connectivity index (χ2v) is 24.2. The second-order valence-electron chi connectivity index (χ2n) is 14.8. The number of hydrogen-bond acceptors (Lipinski definition) is 2. The van der Waals surface area contributed by atoms with Gasteiger partial charge in [0.15, 0.2) is 0 Å². The molecular weight excluding hydrogens is 549 g/mol. The zero-order chi connectivity index (χ0) is 30.2. The lowest BCUT2D eigenvalue weighted by molar-refractivity contribution is 0.489. The number of rotatable bonds is 5. The zero-order valence-electron chi connectivity index (χ0n) is 26.7. The zero-order valence-corrected chi connectivity index (χ0v) is 28.7. The van der Waals surface area contributed by atoms with Crippen LogP contribution in [0.3, 0.4) is 0 Å². The summed E-state index contributed by atoms with van der Waals surface area (Å²) < 4.78 is 14.5. The third kappa shape index (κ3) is 4.56. The summed E-state index contributed by atoms with van der Waals surface area (Å²) in [6, 6.07) is 25.9. The fourth-order valence-corrected chi connectivity index (χ4v) is 7.42. The lowest BCUT2D eigenvalue weighted by Gasteiger charge is -2.38. The fourth-order valence-electron chi connectivity index (χ4n) is 5.37. The van der Waals surface area contributed by atoms with Crippen LogP contribution in [-0.2, 0) is 0 Å². The maximum atomic E-state index is 7.24. The Morgan fingerprint density at radius 1 is 0.476 bits per heavy atom. The maximum absolute atomic E-state index is 7.24. The van der Waals surface area contributed by atoms with Crippen LogP contribution < -0.4 is 8.85 Å². The molecule has 4 nitrogen and oxygen atoms in total. The van der Waals surface area contributed by atoms with Gasteiger partial charge < -0.3 is 18.8 Å². The van der Waals surface area contributed by atoms with E-state index in [4.69, 9.17) is 8.85 Å². The van der Waals surface area contributed by atoms with Crippen LogP contribution in [0.5, 0.6) is 11.5 Å². The highest BCUT2D eigenvalue weighted by Gasteiger charge is 2.42. The molecule has 0 radical (unpaired) electrons. The number of fused-ring (bicyclic) bond motifs is 6. The molecule has 0 unspecified atom stereocenters. The predicted octanol–water partition coefficient (Wildman–Crippen LogP) is 11.4. The van der Waals surface area contributed by atoms with Gasteiger partial charge in [-0.3, -0.25) is 0 Å². The summed E-state index contributed by atoms with van der Waals surface area (Å²) in [6.07, 6.45) is 0. The van der Waals surface area contributed by atoms with Gasteiger partial charge in [-0.2, -0.15) is 0 Å². The number of H-pyrrole nitrogens is 2. The van der Waals surface area contributed by atoms with Gasteiger partial charge >= 0.3 is 0 Å². The quantitative estimate of drug-likeness (QED) is 0.196. The molecule has 0 aliphatic rings. The minimum absolute atomic E-state index is 0.0483. The first kappa shape index (κ1) is 28.6. The molecule has 0 atom stereocenters. The predicted molar refractivity (Wildman–Crippen MR) is 186 cm³/mol. The number of para-hydroxylation sites is 2. The summed E-state index contributed by atoms with van der Waals surface area (Å²) >= 11 is 0. The van der Waals surface area contributed by atoms with Gasteiger partial charge in [0.1, 0.15) is 11.5 Å². The van der Waals surface area contributed by atoms with Gasteiger partial charge in [-0.1, -0.05) is 77.9 Å². The fraction of sp³-hybridized carbons (Fsp3) is 0.333. The monoisotopic (exact) mass is 592 g/mol. The summed E-state index contributed by atoms with van der Waals surface area (Å²) in [7, 11) is -4.39. The largest absolute Gasteiger partial charge is 0.543 e. The molecule has 2 heterocycles. The van der Waals surface area contributed by atoms with Crippen molar-refractivity contribution in [2.75, 3.05) is 0 Å². The van der Waals surface area contributed by atoms with Crippen molar-refractivity contribution < 1.29 is 8.85 Å². The minimum Gasteiger partial charge on any atom is -0.543 e. The van der Waals surface area contributed by atoms with Crippen molar-refractivity contribution in [3.05, 3.63) is 72.8 Å². The Hall–Kier alpha value is -3.49. The Morgan fingerprint density at radius 2 is 0.833 bits per heavy atom. The number of aromatic amines is 2. The van der Waals surface area contributed by atoms with Gasteiger partial charge in [0.25, 0.3) is 16.6 Å². The highest BCUT2D eigenvalue weighted by molar-refractivity contribution is 6.75. The van der Waals surface area contributed by atoms with Crippen LogP contribution >= 0.6 is 0 Å². The van der Waals surface area contributed by atoms with Crippen molar-refractivity contribution in [3.8, 4) is 22.6 Å². The van der Waals surface area contributed by atoms with E-state index >= 15 is 0 Å². The molecule has 42 heavy (non-hydrogen) atoms. The third-order valence-corrected chi connectivity index (χ3v) is 18.5. The van der Waals surface area contributed by atoms with E-state index in [2.05, 4.69) is 150 Å². The van der Waals surface area contributed by atoms with E-state index in [1.165, 1.54) is 21.5 Å². The van der Waals surface area contributed by atoms with Gasteiger partial charge in [-0.15, -0.1) is 0 Å². The molecule has 0 aliphatic carbocycles. The smallest absolute Gasteiger partial charge is 0.250 e. The third-order valence-electron chi connectivity index (χ3n) is 9.86. The van der Waals surface area contributed by atoms with Crippen molar-refractivity contribution in [3.63, 3.8) is 0 Å². The molecule has 6 heteroatoms. The molecule has 0 bridgehead atoms. The molecular formula is C36H44N2O2Si2. The van der Waals surface area contributed by atoms with E-state index in [9.17, 15) is 0 Å². The van der Waals surface area contributed by atoms with Crippen LogP contribution in [0.1, 0.15) is 41.5 Å². The van der Waals surface area contributed by atoms with E-state index in [1.54, 1.807) is 0 Å². The first-order valence-corrected chi connectivity index (χ1v) is 20.9. The average Bonchev–Trinajstić information content (AvgIpc) is 3.46. The van der Waals surface area contributed by atoms with Crippen LogP contribution in [0, 0.1) is 0 Å². The van der Waals surface area contributed by atoms with Gasteiger partial charge in [0, 0.05) is 54.7 Å². The molecule has 0 amide bonds. The molecule has 2 aromatic heterocycles. The Morgan fingerprint density at radius 3 is 1.19 bits per heavy atom. The molecule has 0 fully saturated rings. The van der Waals surface area contributed by atoms with Crippen LogP contribution in [-0.4, -0.2) is 26.6 Å². The summed E-state index contributed by atoms with van der Waals surface area (Å²) in [4.78, 5) is 7.39. The summed E-state index contributed by atoms with van der Waals surface area (Å²) in [6.45, 7) is 23.1. The molecule has 0 saturated carbocycles. The van der Waals surface area contributed by atoms with Gasteiger partial charge in [-0.25, -0.2) is 0 Å². The van der Waals surface area contributed by atoms with Crippen LogP contribution in [0.15, 0.2) is 72.8 Å². The molecule has 4 aromatic carbocycles. The van der Waals surface area contributed by atoms with Crippen LogP contribution in [0.25, 0.3) is 54.7 Å². The number of aromatic nitrogens is 2.